The van der Waals surface area contributed by atoms with Crippen molar-refractivity contribution in [2.24, 2.45) is 0 Å². The number of nitrogens with zero attached hydrogens (tertiary/aromatic N) is 1. The molecule has 0 N–H and O–H groups in total. The van der Waals surface area contributed by atoms with E-state index in [0.717, 1.165) is 5.56 Å². The Labute approximate surface area is 118 Å². The highest BCUT2D eigenvalue weighted by atomic mass is 16.6. The van der Waals surface area contributed by atoms with E-state index < -0.39 is 12.1 Å². The maximum Gasteiger partial charge on any atom is 0.410 e. The zero-order valence-electron chi connectivity index (χ0n) is 11.7. The molecule has 0 spiro atoms. The fraction of sp³-hybridized carbons (Fsp3) is 0.467. The Bertz CT molecular complexity index is 474. The zero-order valence-corrected chi connectivity index (χ0v) is 11.7. The summed E-state index contributed by atoms with van der Waals surface area (Å²) in [7, 11) is 1.58. The lowest BCUT2D eigenvalue weighted by Gasteiger charge is -2.21. The van der Waals surface area contributed by atoms with E-state index in [-0.39, 0.29) is 18.5 Å². The van der Waals surface area contributed by atoms with Gasteiger partial charge in [0.25, 0.3) is 0 Å². The molecule has 0 aliphatic carbocycles. The van der Waals surface area contributed by atoms with Crippen LogP contribution in [0.2, 0.25) is 0 Å². The smallest absolute Gasteiger partial charge is 0.410 e. The highest BCUT2D eigenvalue weighted by molar-refractivity contribution is 5.86. The molecule has 1 fully saturated rings. The SMILES string of the molecule is CO[C@@H]1C[C@@H](C(C)=O)N(C(=O)OCc2ccccc2)C1. The van der Waals surface area contributed by atoms with Gasteiger partial charge in [0.05, 0.1) is 18.7 Å². The predicted molar refractivity (Wildman–Crippen MR) is 73.2 cm³/mol. The molecule has 1 aliphatic rings. The van der Waals surface area contributed by atoms with Crippen molar-refractivity contribution in [3.63, 3.8) is 0 Å². The van der Waals surface area contributed by atoms with Gasteiger partial charge in [-0.25, -0.2) is 4.79 Å². The van der Waals surface area contributed by atoms with Gasteiger partial charge >= 0.3 is 6.09 Å². The Morgan fingerprint density at radius 2 is 2.00 bits per heavy atom. The lowest BCUT2D eigenvalue weighted by molar-refractivity contribution is -0.120. The Hall–Kier alpha value is -1.88. The highest BCUT2D eigenvalue weighted by Gasteiger charge is 2.38. The molecule has 1 amide bonds. The number of likely N-dealkylation sites (tertiary alicyclic amines) is 1. The molecule has 1 saturated heterocycles. The van der Waals surface area contributed by atoms with Crippen LogP contribution in [0.5, 0.6) is 0 Å². The van der Waals surface area contributed by atoms with Crippen LogP contribution in [-0.2, 0) is 20.9 Å². The van der Waals surface area contributed by atoms with Crippen molar-refractivity contribution in [3.05, 3.63) is 35.9 Å². The van der Waals surface area contributed by atoms with Gasteiger partial charge in [0, 0.05) is 13.5 Å². The van der Waals surface area contributed by atoms with Crippen molar-refractivity contribution in [1.29, 1.82) is 0 Å². The minimum absolute atomic E-state index is 0.0405. The number of rotatable bonds is 4. The summed E-state index contributed by atoms with van der Waals surface area (Å²) in [6, 6.07) is 9.01. The lowest BCUT2D eigenvalue weighted by atomic mass is 10.1. The second-order valence-electron chi connectivity index (χ2n) is 4.91. The fourth-order valence-electron chi connectivity index (χ4n) is 2.36. The van der Waals surface area contributed by atoms with E-state index >= 15 is 0 Å². The molecular weight excluding hydrogens is 258 g/mol. The van der Waals surface area contributed by atoms with Gasteiger partial charge in [-0.05, 0) is 12.5 Å². The van der Waals surface area contributed by atoms with E-state index in [4.69, 9.17) is 9.47 Å². The number of ether oxygens (including phenoxy) is 2. The van der Waals surface area contributed by atoms with Gasteiger partial charge in [-0.1, -0.05) is 30.3 Å². The predicted octanol–water partition coefficient (Wildman–Crippen LogP) is 2.00. The summed E-state index contributed by atoms with van der Waals surface area (Å²) < 4.78 is 10.5. The number of hydrogen-bond acceptors (Lipinski definition) is 4. The van der Waals surface area contributed by atoms with Gasteiger partial charge in [-0.2, -0.15) is 0 Å². The molecule has 0 saturated carbocycles. The highest BCUT2D eigenvalue weighted by Crippen LogP contribution is 2.22. The maximum atomic E-state index is 12.1. The van der Waals surface area contributed by atoms with Crippen LogP contribution >= 0.6 is 0 Å². The number of hydrogen-bond donors (Lipinski definition) is 0. The van der Waals surface area contributed by atoms with Gasteiger partial charge in [0.1, 0.15) is 6.61 Å². The summed E-state index contributed by atoms with van der Waals surface area (Å²) in [6.07, 6.45) is -0.0338. The molecule has 0 bridgehead atoms. The molecule has 2 rings (SSSR count). The van der Waals surface area contributed by atoms with Crippen LogP contribution in [0, 0.1) is 0 Å². The molecule has 2 atom stereocenters. The van der Waals surface area contributed by atoms with Crippen molar-refractivity contribution >= 4 is 11.9 Å². The van der Waals surface area contributed by atoms with Crippen LogP contribution in [-0.4, -0.2) is 42.6 Å². The molecule has 0 unspecified atom stereocenters. The van der Waals surface area contributed by atoms with Crippen LogP contribution in [0.1, 0.15) is 18.9 Å². The molecule has 20 heavy (non-hydrogen) atoms. The molecule has 1 heterocycles. The summed E-state index contributed by atoms with van der Waals surface area (Å²) >= 11 is 0. The van der Waals surface area contributed by atoms with E-state index in [0.29, 0.717) is 13.0 Å². The second-order valence-corrected chi connectivity index (χ2v) is 4.91. The van der Waals surface area contributed by atoms with Gasteiger partial charge in [-0.15, -0.1) is 0 Å². The average Bonchev–Trinajstić information content (AvgIpc) is 2.90. The molecule has 1 aliphatic heterocycles. The van der Waals surface area contributed by atoms with Gasteiger partial charge in [0.15, 0.2) is 5.78 Å². The first-order valence-electron chi connectivity index (χ1n) is 6.62. The third kappa shape index (κ3) is 3.36. The van der Waals surface area contributed by atoms with Crippen LogP contribution < -0.4 is 0 Å². The summed E-state index contributed by atoms with van der Waals surface area (Å²) in [4.78, 5) is 25.1. The third-order valence-electron chi connectivity index (χ3n) is 3.50. The number of Topliss-reactive ketones (excluding diaryl/α,β-unsaturated/α-hetero) is 1. The van der Waals surface area contributed by atoms with Crippen LogP contribution in [0.4, 0.5) is 4.79 Å². The van der Waals surface area contributed by atoms with Crippen molar-refractivity contribution in [2.45, 2.75) is 32.1 Å². The van der Waals surface area contributed by atoms with E-state index in [2.05, 4.69) is 0 Å². The van der Waals surface area contributed by atoms with Crippen molar-refractivity contribution < 1.29 is 19.1 Å². The number of carbonyl (C=O) groups excluding carboxylic acids is 2. The molecule has 108 valence electrons. The minimum Gasteiger partial charge on any atom is -0.445 e. The number of benzene rings is 1. The quantitative estimate of drug-likeness (QED) is 0.844. The summed E-state index contributed by atoms with van der Waals surface area (Å²) in [6.45, 7) is 2.09. The van der Waals surface area contributed by atoms with E-state index in [1.807, 2.05) is 30.3 Å². The maximum absolute atomic E-state index is 12.1. The molecule has 1 aromatic carbocycles. The number of ketones is 1. The molecule has 0 aromatic heterocycles. The monoisotopic (exact) mass is 277 g/mol. The summed E-state index contributed by atoms with van der Waals surface area (Å²) in [5.74, 6) is -0.0405. The van der Waals surface area contributed by atoms with E-state index in [1.54, 1.807) is 7.11 Å². The lowest BCUT2D eigenvalue weighted by Crippen LogP contribution is -2.40. The Morgan fingerprint density at radius 1 is 1.30 bits per heavy atom. The van der Waals surface area contributed by atoms with E-state index in [9.17, 15) is 9.59 Å². The standard InChI is InChI=1S/C15H19NO4/c1-11(17)14-8-13(19-2)9-16(14)15(18)20-10-12-6-4-3-5-7-12/h3-7,13-14H,8-10H2,1-2H3/t13-,14+/m1/s1. The fourth-order valence-corrected chi connectivity index (χ4v) is 2.36. The molecular formula is C15H19NO4. The van der Waals surface area contributed by atoms with Crippen molar-refractivity contribution in [1.82, 2.24) is 4.90 Å². The average molecular weight is 277 g/mol. The van der Waals surface area contributed by atoms with Gasteiger partial charge in [0.2, 0.25) is 0 Å². The third-order valence-corrected chi connectivity index (χ3v) is 3.50. The first kappa shape index (κ1) is 14.5. The number of methoxy groups -OCH3 is 1. The van der Waals surface area contributed by atoms with Gasteiger partial charge < -0.3 is 9.47 Å². The first-order valence-corrected chi connectivity index (χ1v) is 6.62. The topological polar surface area (TPSA) is 55.8 Å². The van der Waals surface area contributed by atoms with Crippen molar-refractivity contribution in [2.75, 3.05) is 13.7 Å². The first-order chi connectivity index (χ1) is 9.61. The van der Waals surface area contributed by atoms with E-state index in [1.165, 1.54) is 11.8 Å². The number of amides is 1. The normalized spacial score (nSPS) is 21.8. The molecule has 1 aromatic rings. The van der Waals surface area contributed by atoms with Gasteiger partial charge in [-0.3, -0.25) is 9.69 Å². The molecule has 0 radical (unpaired) electrons. The Kier molecular flexibility index (Phi) is 4.74. The van der Waals surface area contributed by atoms with Crippen LogP contribution in [0.25, 0.3) is 0 Å². The Morgan fingerprint density at radius 3 is 2.60 bits per heavy atom. The number of carbonyl (C=O) groups is 2. The van der Waals surface area contributed by atoms with Crippen LogP contribution in [0.3, 0.4) is 0 Å². The largest absolute Gasteiger partial charge is 0.445 e. The Balaban J connectivity index is 1.95. The molecule has 5 nitrogen and oxygen atoms in total. The summed E-state index contributed by atoms with van der Waals surface area (Å²) in [5, 5.41) is 0. The summed E-state index contributed by atoms with van der Waals surface area (Å²) in [5.41, 5.74) is 0.919. The minimum atomic E-state index is -0.464. The zero-order chi connectivity index (χ0) is 14.5. The molecule has 5 heteroatoms. The van der Waals surface area contributed by atoms with Crippen molar-refractivity contribution in [3.8, 4) is 0 Å². The second kappa shape index (κ2) is 6.52. The van der Waals surface area contributed by atoms with Crippen LogP contribution in [0.15, 0.2) is 30.3 Å².